The molecule has 4 aliphatic rings. The van der Waals surface area contributed by atoms with Gasteiger partial charge in [-0.1, -0.05) is 27.7 Å². The van der Waals surface area contributed by atoms with Crippen molar-refractivity contribution in [3.63, 3.8) is 0 Å². The topological polar surface area (TPSA) is 166 Å². The molecule has 1 spiro atoms. The molecule has 0 saturated carbocycles. The third-order valence-electron chi connectivity index (χ3n) is 11.4. The van der Waals surface area contributed by atoms with E-state index in [1.165, 1.54) is 7.11 Å². The second-order valence-electron chi connectivity index (χ2n) is 15.3. The summed E-state index contributed by atoms with van der Waals surface area (Å²) in [6.45, 7) is 14.6. The van der Waals surface area contributed by atoms with E-state index < -0.39 is 96.7 Å². The highest BCUT2D eigenvalue weighted by atomic mass is 16.7. The summed E-state index contributed by atoms with van der Waals surface area (Å²) in [7, 11) is 5.32. The first-order valence-electron chi connectivity index (χ1n) is 17.7. The number of hydrogen-bond donors (Lipinski definition) is 3. The number of ketones is 1. The van der Waals surface area contributed by atoms with Gasteiger partial charge >= 0.3 is 5.97 Å². The Labute approximate surface area is 285 Å². The van der Waals surface area contributed by atoms with Crippen molar-refractivity contribution in [3.05, 3.63) is 0 Å². The quantitative estimate of drug-likeness (QED) is 0.274. The Hall–Kier alpha value is -1.26. The van der Waals surface area contributed by atoms with Crippen molar-refractivity contribution >= 4 is 11.8 Å². The number of Topliss-reactive ketones (excluding diaryl/α,β-unsaturated/α-hetero) is 1. The Morgan fingerprint density at radius 1 is 0.792 bits per heavy atom. The Morgan fingerprint density at radius 3 is 2.02 bits per heavy atom. The van der Waals surface area contributed by atoms with Crippen LogP contribution in [0.5, 0.6) is 0 Å². The maximum absolute atomic E-state index is 13.9. The number of esters is 1. The van der Waals surface area contributed by atoms with Crippen molar-refractivity contribution in [2.24, 2.45) is 29.6 Å². The fourth-order valence-electron chi connectivity index (χ4n) is 7.89. The molecule has 0 bridgehead atoms. The number of likely N-dealkylation sites (N-methyl/N-ethyl adjacent to an activating group) is 1. The first kappa shape index (κ1) is 39.5. The first-order chi connectivity index (χ1) is 22.4. The average molecular weight is 688 g/mol. The summed E-state index contributed by atoms with van der Waals surface area (Å²) < 4.78 is 43.0. The maximum Gasteiger partial charge on any atom is 0.311 e. The van der Waals surface area contributed by atoms with Gasteiger partial charge in [0.1, 0.15) is 18.3 Å². The third-order valence-corrected chi connectivity index (χ3v) is 11.4. The van der Waals surface area contributed by atoms with Gasteiger partial charge in [-0.3, -0.25) is 9.59 Å². The summed E-state index contributed by atoms with van der Waals surface area (Å²) in [5.41, 5.74) is -1.10. The van der Waals surface area contributed by atoms with Crippen LogP contribution in [0, 0.1) is 29.6 Å². The zero-order valence-electron chi connectivity index (χ0n) is 30.6. The Kier molecular flexibility index (Phi) is 13.1. The molecule has 13 nitrogen and oxygen atoms in total. The molecule has 0 aromatic carbocycles. The van der Waals surface area contributed by atoms with Crippen LogP contribution in [0.25, 0.3) is 0 Å². The number of carbonyl (C=O) groups is 2. The molecule has 278 valence electrons. The van der Waals surface area contributed by atoms with Crippen LogP contribution in [0.1, 0.15) is 74.7 Å². The van der Waals surface area contributed by atoms with Gasteiger partial charge < -0.3 is 53.4 Å². The molecule has 0 aliphatic carbocycles. The number of aliphatic hydroxyl groups is 3. The fourth-order valence-corrected chi connectivity index (χ4v) is 7.89. The molecule has 0 radical (unpaired) electrons. The lowest BCUT2D eigenvalue weighted by molar-refractivity contribution is -0.299. The normalized spacial score (nSPS) is 49.9. The van der Waals surface area contributed by atoms with E-state index in [1.807, 2.05) is 39.8 Å². The van der Waals surface area contributed by atoms with Crippen molar-refractivity contribution < 1.29 is 58.1 Å². The number of cyclic esters (lactones) is 1. The molecule has 48 heavy (non-hydrogen) atoms. The molecule has 0 aromatic heterocycles. The first-order valence-corrected chi connectivity index (χ1v) is 17.7. The SMILES string of the molecule is COC1CC(O[C@H]2C(C)C(=O)O[C@@H](C)[C@H](C)[C@H](O)C(C)C(=O)[C@]3(CO3)C[C@@H](C)[C@H](OC3OC(C)CC(N(C)C)[C@H]3O)C2C)OC(C)[C@@H]1O. The number of methoxy groups -OCH3 is 1. The van der Waals surface area contributed by atoms with Crippen molar-refractivity contribution in [3.8, 4) is 0 Å². The van der Waals surface area contributed by atoms with Crippen LogP contribution < -0.4 is 0 Å². The zero-order valence-corrected chi connectivity index (χ0v) is 30.6. The highest BCUT2D eigenvalue weighted by molar-refractivity contribution is 5.92. The monoisotopic (exact) mass is 687 g/mol. The second-order valence-corrected chi connectivity index (χ2v) is 15.3. The molecule has 13 heteroatoms. The van der Waals surface area contributed by atoms with Crippen molar-refractivity contribution in [1.82, 2.24) is 4.90 Å². The highest BCUT2D eigenvalue weighted by Gasteiger charge is 2.57. The number of nitrogens with zero attached hydrogens (tertiary/aromatic N) is 1. The molecule has 4 fully saturated rings. The van der Waals surface area contributed by atoms with Gasteiger partial charge in [-0.2, -0.15) is 0 Å². The molecule has 9 unspecified atom stereocenters. The standard InChI is InChI=1S/C35H61NO12/c1-16-14-35(15-43-35)32(40)19(4)27(37)18(3)22(7)46-33(41)21(6)31(47-26-13-25(42-11)28(38)23(8)45-26)20(5)30(16)48-34-29(39)24(36(9)10)12-17(2)44-34/h16-31,34,37-39H,12-15H2,1-11H3/t16-,17?,18+,19?,20?,21?,22+,23?,24?,25?,26?,27+,28+,29-,30+,31-,34?,35-/m1/s1. The molecule has 0 aromatic rings. The predicted octanol–water partition coefficient (Wildman–Crippen LogP) is 1.91. The minimum Gasteiger partial charge on any atom is -0.462 e. The Bertz CT molecular complexity index is 1090. The largest absolute Gasteiger partial charge is 0.462 e. The van der Waals surface area contributed by atoms with Crippen LogP contribution in [-0.4, -0.2) is 139 Å². The molecule has 4 rings (SSSR count). The number of ether oxygens (including phenoxy) is 7. The number of hydrogen-bond acceptors (Lipinski definition) is 13. The Morgan fingerprint density at radius 2 is 1.44 bits per heavy atom. The van der Waals surface area contributed by atoms with Crippen molar-refractivity contribution in [2.75, 3.05) is 27.8 Å². The summed E-state index contributed by atoms with van der Waals surface area (Å²) in [6.07, 6.45) is -7.15. The molecular weight excluding hydrogens is 626 g/mol. The van der Waals surface area contributed by atoms with E-state index in [0.29, 0.717) is 6.42 Å². The molecule has 0 amide bonds. The smallest absolute Gasteiger partial charge is 0.311 e. The number of rotatable bonds is 6. The second kappa shape index (κ2) is 16.0. The fraction of sp³-hybridized carbons (Fsp3) is 0.943. The van der Waals surface area contributed by atoms with Gasteiger partial charge in [0, 0.05) is 37.3 Å². The van der Waals surface area contributed by atoms with Crippen LogP contribution in [0.2, 0.25) is 0 Å². The van der Waals surface area contributed by atoms with Crippen LogP contribution in [0.15, 0.2) is 0 Å². The molecule has 3 N–H and O–H groups in total. The lowest BCUT2D eigenvalue weighted by Crippen LogP contribution is -2.57. The maximum atomic E-state index is 13.9. The van der Waals surface area contributed by atoms with Gasteiger partial charge in [-0.25, -0.2) is 0 Å². The van der Waals surface area contributed by atoms with Crippen molar-refractivity contribution in [1.29, 1.82) is 0 Å². The van der Waals surface area contributed by atoms with E-state index in [4.69, 9.17) is 33.2 Å². The Balaban J connectivity index is 1.75. The van der Waals surface area contributed by atoms with Gasteiger partial charge in [0.2, 0.25) is 0 Å². The molecule has 4 saturated heterocycles. The van der Waals surface area contributed by atoms with Gasteiger partial charge in [0.15, 0.2) is 24.0 Å². The molecular formula is C35H61NO12. The highest BCUT2D eigenvalue weighted by Crippen LogP contribution is 2.43. The molecule has 18 atom stereocenters. The summed E-state index contributed by atoms with van der Waals surface area (Å²) in [5, 5.41) is 33.3. The zero-order chi connectivity index (χ0) is 35.8. The lowest BCUT2D eigenvalue weighted by atomic mass is 9.76. The van der Waals surface area contributed by atoms with E-state index >= 15 is 0 Å². The van der Waals surface area contributed by atoms with Gasteiger partial charge in [-0.15, -0.1) is 0 Å². The van der Waals surface area contributed by atoms with Crippen molar-refractivity contribution in [2.45, 2.75) is 154 Å². The van der Waals surface area contributed by atoms with Gasteiger partial charge in [0.05, 0.1) is 49.1 Å². The van der Waals surface area contributed by atoms with E-state index in [-0.39, 0.29) is 43.3 Å². The number of epoxide rings is 1. The lowest BCUT2D eigenvalue weighted by Gasteiger charge is -2.46. The summed E-state index contributed by atoms with van der Waals surface area (Å²) in [4.78, 5) is 29.7. The van der Waals surface area contributed by atoms with Gasteiger partial charge in [0.25, 0.3) is 0 Å². The third kappa shape index (κ3) is 8.43. The van der Waals surface area contributed by atoms with Gasteiger partial charge in [-0.05, 0) is 60.5 Å². The van der Waals surface area contributed by atoms with E-state index in [1.54, 1.807) is 34.6 Å². The molecule has 4 heterocycles. The van der Waals surface area contributed by atoms with Crippen LogP contribution in [-0.2, 0) is 42.7 Å². The average Bonchev–Trinajstić information content (AvgIpc) is 3.82. The van der Waals surface area contributed by atoms with E-state index in [0.717, 1.165) is 0 Å². The van der Waals surface area contributed by atoms with Crippen LogP contribution >= 0.6 is 0 Å². The minimum absolute atomic E-state index is 0.198. The summed E-state index contributed by atoms with van der Waals surface area (Å²) in [6, 6.07) is -0.219. The predicted molar refractivity (Wildman–Crippen MR) is 174 cm³/mol. The summed E-state index contributed by atoms with van der Waals surface area (Å²) in [5.74, 6) is -3.74. The van der Waals surface area contributed by atoms with Crippen LogP contribution in [0.4, 0.5) is 0 Å². The van der Waals surface area contributed by atoms with E-state index in [2.05, 4.69) is 0 Å². The number of carbonyl (C=O) groups excluding carboxylic acids is 2. The number of aliphatic hydroxyl groups excluding tert-OH is 3. The summed E-state index contributed by atoms with van der Waals surface area (Å²) >= 11 is 0. The van der Waals surface area contributed by atoms with E-state index in [9.17, 15) is 24.9 Å². The van der Waals surface area contributed by atoms with Crippen LogP contribution in [0.3, 0.4) is 0 Å². The molecule has 4 aliphatic heterocycles. The minimum atomic E-state index is -1.10.